The van der Waals surface area contributed by atoms with Gasteiger partial charge in [-0.3, -0.25) is 24.3 Å². The predicted octanol–water partition coefficient (Wildman–Crippen LogP) is 0.0809. The summed E-state index contributed by atoms with van der Waals surface area (Å²) in [4.78, 5) is 36.1. The summed E-state index contributed by atoms with van der Waals surface area (Å²) in [6.07, 6.45) is -0.0950. The fourth-order valence-corrected chi connectivity index (χ4v) is 2.73. The topological polar surface area (TPSA) is 113 Å². The highest BCUT2D eigenvalue weighted by molar-refractivity contribution is 6.23. The Bertz CT molecular complexity index is 930. The van der Waals surface area contributed by atoms with Crippen LogP contribution < -0.4 is 21.3 Å². The molecule has 2 aliphatic rings. The molecule has 0 aliphatic carbocycles. The number of nitrogens with one attached hydrogen (secondary N) is 1. The van der Waals surface area contributed by atoms with Gasteiger partial charge in [0.15, 0.2) is 0 Å². The van der Waals surface area contributed by atoms with Crippen LogP contribution in [0.3, 0.4) is 0 Å². The first kappa shape index (κ1) is 14.5. The van der Waals surface area contributed by atoms with Crippen molar-refractivity contribution in [3.63, 3.8) is 0 Å². The summed E-state index contributed by atoms with van der Waals surface area (Å²) in [6.45, 7) is 0.944. The van der Waals surface area contributed by atoms with E-state index >= 15 is 0 Å². The molecule has 0 spiro atoms. The van der Waals surface area contributed by atoms with Crippen molar-refractivity contribution in [2.45, 2.75) is 6.10 Å². The minimum atomic E-state index is -0.623. The lowest BCUT2D eigenvalue weighted by molar-refractivity contribution is -0.0796. The van der Waals surface area contributed by atoms with E-state index in [1.54, 1.807) is 24.3 Å². The van der Waals surface area contributed by atoms with Crippen molar-refractivity contribution in [3.8, 4) is 11.4 Å². The molecule has 1 saturated heterocycles. The fourth-order valence-electron chi connectivity index (χ4n) is 2.73. The van der Waals surface area contributed by atoms with Gasteiger partial charge in [-0.05, 0) is 12.1 Å². The van der Waals surface area contributed by atoms with Crippen LogP contribution in [0.5, 0.6) is 5.75 Å². The van der Waals surface area contributed by atoms with Crippen LogP contribution in [0.4, 0.5) is 5.82 Å². The largest absolute Gasteiger partial charge is 0.483 e. The number of anilines is 1. The van der Waals surface area contributed by atoms with Crippen LogP contribution in [0.25, 0.3) is 5.69 Å². The number of benzene rings is 1. The summed E-state index contributed by atoms with van der Waals surface area (Å²) in [6, 6.07) is 7.97. The first-order valence-corrected chi connectivity index (χ1v) is 7.31. The number of rotatable bonds is 3. The summed E-state index contributed by atoms with van der Waals surface area (Å²) in [5, 5.41) is 2.14. The van der Waals surface area contributed by atoms with Gasteiger partial charge < -0.3 is 15.2 Å². The van der Waals surface area contributed by atoms with Crippen LogP contribution in [0.1, 0.15) is 20.7 Å². The van der Waals surface area contributed by atoms with Crippen LogP contribution in [0.2, 0.25) is 0 Å². The van der Waals surface area contributed by atoms with Gasteiger partial charge in [0.1, 0.15) is 17.7 Å². The van der Waals surface area contributed by atoms with Crippen molar-refractivity contribution >= 4 is 17.6 Å². The number of pyridine rings is 1. The van der Waals surface area contributed by atoms with Gasteiger partial charge in [-0.2, -0.15) is 0 Å². The molecule has 2 aliphatic heterocycles. The maximum Gasteiger partial charge on any atom is 0.262 e. The maximum atomic E-state index is 12.5. The van der Waals surface area contributed by atoms with Crippen LogP contribution in [-0.4, -0.2) is 35.7 Å². The number of para-hydroxylation sites is 2. The highest BCUT2D eigenvalue weighted by Crippen LogP contribution is 2.29. The molecule has 122 valence electrons. The van der Waals surface area contributed by atoms with E-state index < -0.39 is 17.4 Å². The summed E-state index contributed by atoms with van der Waals surface area (Å²) in [5.74, 6) is -0.889. The zero-order valence-corrected chi connectivity index (χ0v) is 12.4. The van der Waals surface area contributed by atoms with E-state index in [-0.39, 0.29) is 23.0 Å². The van der Waals surface area contributed by atoms with E-state index in [1.165, 1.54) is 4.57 Å². The van der Waals surface area contributed by atoms with Gasteiger partial charge in [-0.15, -0.1) is 0 Å². The minimum Gasteiger partial charge on any atom is -0.483 e. The quantitative estimate of drug-likeness (QED) is 0.772. The highest BCUT2D eigenvalue weighted by atomic mass is 16.6. The molecule has 2 aromatic rings. The van der Waals surface area contributed by atoms with Crippen molar-refractivity contribution in [2.24, 2.45) is 0 Å². The van der Waals surface area contributed by atoms with Crippen molar-refractivity contribution in [3.05, 3.63) is 51.8 Å². The number of carbonyl (C=O) groups excluding carboxylic acids is 2. The van der Waals surface area contributed by atoms with Crippen LogP contribution in [0.15, 0.2) is 35.1 Å². The molecule has 4 rings (SSSR count). The second-order valence-corrected chi connectivity index (χ2v) is 5.52. The number of amides is 2. The average molecular weight is 327 g/mol. The van der Waals surface area contributed by atoms with Gasteiger partial charge in [-0.1, -0.05) is 12.1 Å². The zero-order chi connectivity index (χ0) is 16.8. The van der Waals surface area contributed by atoms with E-state index in [0.717, 1.165) is 6.07 Å². The minimum absolute atomic E-state index is 0.00128. The van der Waals surface area contributed by atoms with E-state index in [9.17, 15) is 14.4 Å². The molecule has 0 atom stereocenters. The average Bonchev–Trinajstić information content (AvgIpc) is 2.78. The summed E-state index contributed by atoms with van der Waals surface area (Å²) >= 11 is 0. The highest BCUT2D eigenvalue weighted by Gasteiger charge is 2.32. The Morgan fingerprint density at radius 3 is 2.62 bits per heavy atom. The van der Waals surface area contributed by atoms with Crippen LogP contribution >= 0.6 is 0 Å². The first-order chi connectivity index (χ1) is 11.6. The van der Waals surface area contributed by atoms with Gasteiger partial charge in [0.2, 0.25) is 0 Å². The molecule has 8 nitrogen and oxygen atoms in total. The molecule has 1 fully saturated rings. The summed E-state index contributed by atoms with van der Waals surface area (Å²) in [5.41, 5.74) is 5.92. The SMILES string of the molecule is Nc1c2c(cc(=O)n1-c1ccccc1OC1COC1)C(=O)NC2=O. The molecule has 0 unspecified atom stereocenters. The number of hydrogen-bond donors (Lipinski definition) is 2. The molecule has 0 saturated carbocycles. The van der Waals surface area contributed by atoms with Gasteiger partial charge in [0, 0.05) is 6.07 Å². The lowest BCUT2D eigenvalue weighted by Gasteiger charge is -2.28. The Labute approximate surface area is 135 Å². The number of carbonyl (C=O) groups is 2. The normalized spacial score (nSPS) is 16.5. The Balaban J connectivity index is 1.89. The van der Waals surface area contributed by atoms with E-state index in [0.29, 0.717) is 24.7 Å². The van der Waals surface area contributed by atoms with Gasteiger partial charge in [-0.25, -0.2) is 0 Å². The van der Waals surface area contributed by atoms with Crippen LogP contribution in [-0.2, 0) is 4.74 Å². The lowest BCUT2D eigenvalue weighted by atomic mass is 10.1. The molecular weight excluding hydrogens is 314 g/mol. The molecule has 1 aromatic carbocycles. The molecule has 24 heavy (non-hydrogen) atoms. The molecule has 8 heteroatoms. The third-order valence-corrected chi connectivity index (χ3v) is 3.96. The number of aromatic nitrogens is 1. The molecule has 3 N–H and O–H groups in total. The molecule has 2 amide bonds. The number of nitrogens with two attached hydrogens (primary N) is 1. The second-order valence-electron chi connectivity index (χ2n) is 5.52. The van der Waals surface area contributed by atoms with Crippen LogP contribution in [0, 0.1) is 0 Å². The van der Waals surface area contributed by atoms with E-state index in [2.05, 4.69) is 5.32 Å². The Kier molecular flexibility index (Phi) is 3.14. The monoisotopic (exact) mass is 327 g/mol. The summed E-state index contributed by atoms with van der Waals surface area (Å²) < 4.78 is 12.1. The maximum absolute atomic E-state index is 12.5. The van der Waals surface area contributed by atoms with Crippen molar-refractivity contribution in [1.29, 1.82) is 0 Å². The molecule has 0 bridgehead atoms. The Hall–Kier alpha value is -3.13. The fraction of sp³-hybridized carbons (Fsp3) is 0.188. The Morgan fingerprint density at radius 2 is 1.92 bits per heavy atom. The molecule has 1 aromatic heterocycles. The molecule has 0 radical (unpaired) electrons. The van der Waals surface area contributed by atoms with Crippen molar-refractivity contribution < 1.29 is 19.1 Å². The Morgan fingerprint density at radius 1 is 1.17 bits per heavy atom. The van der Waals surface area contributed by atoms with Gasteiger partial charge >= 0.3 is 0 Å². The standard InChI is InChI=1S/C16H13N3O5/c17-14-13-9(15(21)18-16(13)22)5-12(20)19(14)10-3-1-2-4-11(10)24-8-6-23-7-8/h1-5,8H,6-7,17H2,(H,18,21,22). The third kappa shape index (κ3) is 2.08. The number of imide groups is 1. The van der Waals surface area contributed by atoms with Gasteiger partial charge in [0.05, 0.1) is 30.0 Å². The van der Waals surface area contributed by atoms with Crippen molar-refractivity contribution in [2.75, 3.05) is 18.9 Å². The molecular formula is C16H13N3O5. The first-order valence-electron chi connectivity index (χ1n) is 7.31. The second kappa shape index (κ2) is 5.20. The molecule has 3 heterocycles. The van der Waals surface area contributed by atoms with Gasteiger partial charge in [0.25, 0.3) is 17.4 Å². The number of ether oxygens (including phenoxy) is 2. The van der Waals surface area contributed by atoms with Crippen molar-refractivity contribution in [1.82, 2.24) is 9.88 Å². The summed E-state index contributed by atoms with van der Waals surface area (Å²) in [7, 11) is 0. The predicted molar refractivity (Wildman–Crippen MR) is 83.5 cm³/mol. The smallest absolute Gasteiger partial charge is 0.262 e. The number of nitrogens with zero attached hydrogens (tertiary/aromatic N) is 1. The van der Waals surface area contributed by atoms with E-state index in [4.69, 9.17) is 15.2 Å². The van der Waals surface area contributed by atoms with E-state index in [1.807, 2.05) is 0 Å². The lowest BCUT2D eigenvalue weighted by Crippen LogP contribution is -2.39. The number of hydrogen-bond acceptors (Lipinski definition) is 6. The zero-order valence-electron chi connectivity index (χ0n) is 12.4. The number of nitrogen functional groups attached to an aromatic ring is 1. The number of fused-ring (bicyclic) bond motifs is 1. The third-order valence-electron chi connectivity index (χ3n) is 3.96.